The Bertz CT molecular complexity index is 693. The van der Waals surface area contributed by atoms with Crippen molar-refractivity contribution in [1.29, 1.82) is 0 Å². The van der Waals surface area contributed by atoms with Crippen molar-refractivity contribution in [3.05, 3.63) is 71.3 Å². The standard InChI is InChI=1S/C19H21NO3/c1-19(2,18(22)23)13-20-17(21)16-11-7-6-10-15(16)12-14-8-4-3-5-9-14/h3-11H,12-13H2,1-2H3,(H,20,21)(H,22,23). The average Bonchev–Trinajstić information content (AvgIpc) is 2.54. The molecule has 1 amide bonds. The highest BCUT2D eigenvalue weighted by molar-refractivity contribution is 5.96. The molecular formula is C19H21NO3. The van der Waals surface area contributed by atoms with Gasteiger partial charge in [-0.2, -0.15) is 0 Å². The second-order valence-electron chi connectivity index (χ2n) is 6.19. The van der Waals surface area contributed by atoms with E-state index < -0.39 is 11.4 Å². The van der Waals surface area contributed by atoms with Crippen molar-refractivity contribution < 1.29 is 14.7 Å². The fourth-order valence-corrected chi connectivity index (χ4v) is 2.18. The molecule has 0 fully saturated rings. The minimum Gasteiger partial charge on any atom is -0.481 e. The third-order valence-electron chi connectivity index (χ3n) is 3.77. The molecule has 0 aromatic heterocycles. The van der Waals surface area contributed by atoms with Gasteiger partial charge in [-0.25, -0.2) is 0 Å². The Kier molecular flexibility index (Phi) is 5.16. The van der Waals surface area contributed by atoms with Crippen LogP contribution < -0.4 is 5.32 Å². The Balaban J connectivity index is 2.13. The maximum Gasteiger partial charge on any atom is 0.310 e. The van der Waals surface area contributed by atoms with Crippen LogP contribution in [0.1, 0.15) is 35.3 Å². The minimum atomic E-state index is -0.996. The largest absolute Gasteiger partial charge is 0.481 e. The van der Waals surface area contributed by atoms with E-state index in [0.717, 1.165) is 11.1 Å². The quantitative estimate of drug-likeness (QED) is 0.861. The van der Waals surface area contributed by atoms with Crippen molar-refractivity contribution in [2.75, 3.05) is 6.54 Å². The molecule has 2 rings (SSSR count). The van der Waals surface area contributed by atoms with Crippen molar-refractivity contribution in [2.45, 2.75) is 20.3 Å². The molecule has 0 radical (unpaired) electrons. The zero-order chi connectivity index (χ0) is 16.9. The van der Waals surface area contributed by atoms with E-state index in [9.17, 15) is 9.59 Å². The molecule has 2 aromatic rings. The summed E-state index contributed by atoms with van der Waals surface area (Å²) in [6.07, 6.45) is 0.659. The van der Waals surface area contributed by atoms with Gasteiger partial charge in [-0.1, -0.05) is 48.5 Å². The first kappa shape index (κ1) is 16.7. The lowest BCUT2D eigenvalue weighted by Gasteiger charge is -2.20. The molecule has 23 heavy (non-hydrogen) atoms. The van der Waals surface area contributed by atoms with Gasteiger partial charge < -0.3 is 10.4 Å². The smallest absolute Gasteiger partial charge is 0.310 e. The first-order valence-corrected chi connectivity index (χ1v) is 7.53. The van der Waals surface area contributed by atoms with Gasteiger partial charge >= 0.3 is 5.97 Å². The van der Waals surface area contributed by atoms with Crippen molar-refractivity contribution in [2.24, 2.45) is 5.41 Å². The van der Waals surface area contributed by atoms with Gasteiger partial charge in [0.05, 0.1) is 5.41 Å². The number of rotatable bonds is 6. The summed E-state index contributed by atoms with van der Waals surface area (Å²) in [4.78, 5) is 23.5. The lowest BCUT2D eigenvalue weighted by molar-refractivity contribution is -0.146. The van der Waals surface area contributed by atoms with E-state index in [4.69, 9.17) is 5.11 Å². The van der Waals surface area contributed by atoms with Crippen LogP contribution in [0.4, 0.5) is 0 Å². The van der Waals surface area contributed by atoms with E-state index in [1.165, 1.54) is 0 Å². The fraction of sp³-hybridized carbons (Fsp3) is 0.263. The molecule has 0 heterocycles. The molecule has 4 nitrogen and oxygen atoms in total. The van der Waals surface area contributed by atoms with Gasteiger partial charge in [0.2, 0.25) is 0 Å². The zero-order valence-corrected chi connectivity index (χ0v) is 13.4. The van der Waals surface area contributed by atoms with Crippen LogP contribution >= 0.6 is 0 Å². The maximum absolute atomic E-state index is 12.4. The van der Waals surface area contributed by atoms with Gasteiger partial charge in [0.1, 0.15) is 0 Å². The molecule has 2 aromatic carbocycles. The van der Waals surface area contributed by atoms with Crippen LogP contribution in [0.5, 0.6) is 0 Å². The Morgan fingerprint density at radius 2 is 1.61 bits per heavy atom. The fourth-order valence-electron chi connectivity index (χ4n) is 2.18. The number of carbonyl (C=O) groups is 2. The summed E-state index contributed by atoms with van der Waals surface area (Å²) in [5, 5.41) is 11.8. The van der Waals surface area contributed by atoms with Gasteiger partial charge in [0.25, 0.3) is 5.91 Å². The van der Waals surface area contributed by atoms with Gasteiger partial charge in [-0.15, -0.1) is 0 Å². The molecule has 2 N–H and O–H groups in total. The van der Waals surface area contributed by atoms with E-state index in [1.807, 2.05) is 48.5 Å². The molecule has 0 bridgehead atoms. The summed E-state index contributed by atoms with van der Waals surface area (Å²) >= 11 is 0. The van der Waals surface area contributed by atoms with E-state index in [-0.39, 0.29) is 12.5 Å². The second-order valence-corrected chi connectivity index (χ2v) is 6.19. The van der Waals surface area contributed by atoms with E-state index in [1.54, 1.807) is 19.9 Å². The molecule has 0 aliphatic carbocycles. The lowest BCUT2D eigenvalue weighted by Crippen LogP contribution is -2.39. The molecular weight excluding hydrogens is 290 g/mol. The number of benzene rings is 2. The first-order chi connectivity index (χ1) is 10.9. The zero-order valence-electron chi connectivity index (χ0n) is 13.4. The molecule has 0 unspecified atom stereocenters. The molecule has 0 aliphatic rings. The van der Waals surface area contributed by atoms with Crippen LogP contribution in [0.15, 0.2) is 54.6 Å². The highest BCUT2D eigenvalue weighted by atomic mass is 16.4. The number of hydrogen-bond donors (Lipinski definition) is 2. The Hall–Kier alpha value is -2.62. The van der Waals surface area contributed by atoms with Crippen LogP contribution in [-0.2, 0) is 11.2 Å². The summed E-state index contributed by atoms with van der Waals surface area (Å²) in [5.74, 6) is -1.18. The number of carboxylic acids is 1. The number of carboxylic acid groups (broad SMARTS) is 1. The lowest BCUT2D eigenvalue weighted by atomic mass is 9.93. The maximum atomic E-state index is 12.4. The molecule has 0 aliphatic heterocycles. The van der Waals surface area contributed by atoms with Crippen molar-refractivity contribution >= 4 is 11.9 Å². The van der Waals surface area contributed by atoms with Crippen molar-refractivity contribution in [3.8, 4) is 0 Å². The van der Waals surface area contributed by atoms with Crippen molar-refractivity contribution in [3.63, 3.8) is 0 Å². The number of amides is 1. The van der Waals surface area contributed by atoms with Gasteiger partial charge in [-0.05, 0) is 37.5 Å². The molecule has 4 heteroatoms. The minimum absolute atomic E-state index is 0.0842. The summed E-state index contributed by atoms with van der Waals surface area (Å²) in [5.41, 5.74) is 1.63. The van der Waals surface area contributed by atoms with E-state index >= 15 is 0 Å². The van der Waals surface area contributed by atoms with Crippen LogP contribution in [0, 0.1) is 5.41 Å². The van der Waals surface area contributed by atoms with Crippen LogP contribution in [0.2, 0.25) is 0 Å². The summed E-state index contributed by atoms with van der Waals surface area (Å²) < 4.78 is 0. The third-order valence-corrected chi connectivity index (χ3v) is 3.77. The van der Waals surface area contributed by atoms with Gasteiger partial charge in [0, 0.05) is 12.1 Å². The van der Waals surface area contributed by atoms with Crippen molar-refractivity contribution in [1.82, 2.24) is 5.32 Å². The normalized spacial score (nSPS) is 11.0. The van der Waals surface area contributed by atoms with Crippen LogP contribution in [-0.4, -0.2) is 23.5 Å². The number of aliphatic carboxylic acids is 1. The predicted octanol–water partition coefficient (Wildman–Crippen LogP) is 3.12. The molecule has 0 saturated heterocycles. The summed E-state index contributed by atoms with van der Waals surface area (Å²) in [6, 6.07) is 17.3. The monoisotopic (exact) mass is 311 g/mol. The summed E-state index contributed by atoms with van der Waals surface area (Å²) in [6.45, 7) is 3.26. The van der Waals surface area contributed by atoms with Crippen LogP contribution in [0.3, 0.4) is 0 Å². The highest BCUT2D eigenvalue weighted by Crippen LogP contribution is 2.16. The SMILES string of the molecule is CC(C)(CNC(=O)c1ccccc1Cc1ccccc1)C(=O)O. The van der Waals surface area contributed by atoms with E-state index in [0.29, 0.717) is 12.0 Å². The first-order valence-electron chi connectivity index (χ1n) is 7.53. The third kappa shape index (κ3) is 4.42. The average molecular weight is 311 g/mol. The van der Waals surface area contributed by atoms with Crippen LogP contribution in [0.25, 0.3) is 0 Å². The number of carbonyl (C=O) groups excluding carboxylic acids is 1. The summed E-state index contributed by atoms with van der Waals surface area (Å²) in [7, 11) is 0. The Labute approximate surface area is 136 Å². The number of hydrogen-bond acceptors (Lipinski definition) is 2. The molecule has 0 atom stereocenters. The highest BCUT2D eigenvalue weighted by Gasteiger charge is 2.27. The predicted molar refractivity (Wildman–Crippen MR) is 89.4 cm³/mol. The molecule has 0 saturated carbocycles. The van der Waals surface area contributed by atoms with Gasteiger partial charge in [-0.3, -0.25) is 9.59 Å². The Morgan fingerprint density at radius 1 is 1.00 bits per heavy atom. The molecule has 0 spiro atoms. The second kappa shape index (κ2) is 7.09. The van der Waals surface area contributed by atoms with E-state index in [2.05, 4.69) is 5.32 Å². The molecule has 120 valence electrons. The van der Waals surface area contributed by atoms with Gasteiger partial charge in [0.15, 0.2) is 0 Å². The topological polar surface area (TPSA) is 66.4 Å². The Morgan fingerprint density at radius 3 is 2.26 bits per heavy atom. The number of nitrogens with one attached hydrogen (secondary N) is 1.